The monoisotopic (exact) mass is 315 g/mol. The van der Waals surface area contributed by atoms with Gasteiger partial charge in [0, 0.05) is 11.5 Å². The van der Waals surface area contributed by atoms with Gasteiger partial charge >= 0.3 is 7.60 Å². The van der Waals surface area contributed by atoms with E-state index in [1.165, 1.54) is 0 Å². The summed E-state index contributed by atoms with van der Waals surface area (Å²) in [5.41, 5.74) is 5.92. The second kappa shape index (κ2) is 9.67. The van der Waals surface area contributed by atoms with Crippen molar-refractivity contribution in [3.05, 3.63) is 0 Å². The van der Waals surface area contributed by atoms with Crippen molar-refractivity contribution in [1.82, 2.24) is 0 Å². The topological polar surface area (TPSA) is 61.5 Å². The van der Waals surface area contributed by atoms with E-state index in [4.69, 9.17) is 14.8 Å². The number of nitrogens with two attached hydrogens (primary N) is 1. The molecule has 0 rings (SSSR count). The molecule has 0 aliphatic carbocycles. The Hall–Kier alpha value is 0.810. The zero-order chi connectivity index (χ0) is 14.1. The first-order valence-electron chi connectivity index (χ1n) is 6.21. The zero-order valence-electron chi connectivity index (χ0n) is 11.8. The normalized spacial score (nSPS) is 12.9. The number of thioether (sulfide) groups is 2. The van der Waals surface area contributed by atoms with Crippen molar-refractivity contribution in [3.63, 3.8) is 0 Å². The summed E-state index contributed by atoms with van der Waals surface area (Å²) in [7, 11) is -3.23. The molecular weight excluding hydrogens is 289 g/mol. The van der Waals surface area contributed by atoms with Crippen molar-refractivity contribution in [2.75, 3.05) is 36.2 Å². The highest BCUT2D eigenvalue weighted by Crippen LogP contribution is 2.57. The summed E-state index contributed by atoms with van der Waals surface area (Å²) in [5, 5.41) is -0.958. The van der Waals surface area contributed by atoms with Crippen LogP contribution >= 0.6 is 31.1 Å². The van der Waals surface area contributed by atoms with Gasteiger partial charge in [-0.05, 0) is 25.4 Å². The largest absolute Gasteiger partial charge is 0.349 e. The van der Waals surface area contributed by atoms with Crippen LogP contribution in [-0.4, -0.2) is 41.5 Å². The summed E-state index contributed by atoms with van der Waals surface area (Å²) in [6.45, 7) is 8.36. The highest BCUT2D eigenvalue weighted by molar-refractivity contribution is 7.99. The quantitative estimate of drug-likeness (QED) is 0.466. The Bertz CT molecular complexity index is 243. The summed E-state index contributed by atoms with van der Waals surface area (Å²) in [4.78, 5) is 0. The molecule has 0 unspecified atom stereocenters. The molecule has 0 aliphatic rings. The lowest BCUT2D eigenvalue weighted by Crippen LogP contribution is -2.34. The molecule has 0 heterocycles. The highest BCUT2D eigenvalue weighted by Gasteiger charge is 2.40. The van der Waals surface area contributed by atoms with E-state index in [0.29, 0.717) is 13.2 Å². The van der Waals surface area contributed by atoms with E-state index in [2.05, 4.69) is 13.8 Å². The molecule has 0 bridgehead atoms. The minimum atomic E-state index is -3.23. The minimum absolute atomic E-state index is 0.414. The lowest BCUT2D eigenvalue weighted by Gasteiger charge is -2.29. The summed E-state index contributed by atoms with van der Waals surface area (Å²) in [6, 6.07) is 0. The zero-order valence-corrected chi connectivity index (χ0v) is 14.3. The van der Waals surface area contributed by atoms with Crippen LogP contribution in [0.4, 0.5) is 0 Å². The van der Waals surface area contributed by atoms with Crippen molar-refractivity contribution in [3.8, 4) is 0 Å². The van der Waals surface area contributed by atoms with Gasteiger partial charge in [-0.25, -0.2) is 0 Å². The van der Waals surface area contributed by atoms with Crippen LogP contribution in [0.2, 0.25) is 0 Å². The predicted molar refractivity (Wildman–Crippen MR) is 83.8 cm³/mol. The summed E-state index contributed by atoms with van der Waals surface area (Å²) < 4.78 is 23.5. The number of hydrogen-bond acceptors (Lipinski definition) is 6. The van der Waals surface area contributed by atoms with Crippen LogP contribution in [0, 0.1) is 0 Å². The van der Waals surface area contributed by atoms with Gasteiger partial charge in [-0.3, -0.25) is 4.57 Å². The van der Waals surface area contributed by atoms with Crippen molar-refractivity contribution in [2.24, 2.45) is 5.73 Å². The summed E-state index contributed by atoms with van der Waals surface area (Å²) in [5.74, 6) is 3.66. The average Bonchev–Trinajstić information content (AvgIpc) is 2.29. The maximum Gasteiger partial charge on any atom is 0.349 e. The van der Waals surface area contributed by atoms with E-state index in [0.717, 1.165) is 23.0 Å². The van der Waals surface area contributed by atoms with Crippen LogP contribution in [0.5, 0.6) is 0 Å². The molecule has 0 aromatic rings. The van der Waals surface area contributed by atoms with Gasteiger partial charge in [-0.15, -0.1) is 0 Å². The van der Waals surface area contributed by atoms with Crippen LogP contribution in [0.15, 0.2) is 0 Å². The molecule has 0 atom stereocenters. The van der Waals surface area contributed by atoms with E-state index >= 15 is 0 Å². The Labute approximate surface area is 120 Å². The molecule has 0 fully saturated rings. The third-order valence-corrected chi connectivity index (χ3v) is 6.28. The van der Waals surface area contributed by atoms with Gasteiger partial charge in [0.25, 0.3) is 0 Å². The Morgan fingerprint density at radius 3 is 1.72 bits per heavy atom. The fourth-order valence-corrected chi connectivity index (χ4v) is 3.72. The Morgan fingerprint density at radius 1 is 1.06 bits per heavy atom. The fraction of sp³-hybridized carbons (Fsp3) is 1.00. The molecule has 0 saturated carbocycles. The van der Waals surface area contributed by atoms with E-state index < -0.39 is 12.9 Å². The van der Waals surface area contributed by atoms with E-state index in [9.17, 15) is 4.57 Å². The molecule has 2 N–H and O–H groups in total. The molecular formula is C11H26NO3PS2. The van der Waals surface area contributed by atoms with Crippen LogP contribution in [0.1, 0.15) is 27.7 Å². The van der Waals surface area contributed by atoms with Gasteiger partial charge in [0.1, 0.15) is 5.28 Å². The second-order valence-electron chi connectivity index (χ2n) is 4.21. The fourth-order valence-electron chi connectivity index (χ4n) is 1.09. The smallest absolute Gasteiger partial charge is 0.316 e. The first kappa shape index (κ1) is 18.8. The van der Waals surface area contributed by atoms with Crippen molar-refractivity contribution in [2.45, 2.75) is 33.0 Å². The van der Waals surface area contributed by atoms with Crippen LogP contribution in [0.3, 0.4) is 0 Å². The molecule has 0 amide bonds. The standard InChI is InChI=1S/C11H26NO3PS2/c1-5-17-9-7-14-16(13,11(3,4)12)15-8-10-18-6-2/h5-10,12H2,1-4H3. The molecule has 0 saturated heterocycles. The minimum Gasteiger partial charge on any atom is -0.316 e. The van der Waals surface area contributed by atoms with Crippen molar-refractivity contribution in [1.29, 1.82) is 0 Å². The molecule has 0 spiro atoms. The second-order valence-corrected chi connectivity index (χ2v) is 9.66. The molecule has 0 radical (unpaired) electrons. The maximum atomic E-state index is 12.6. The Kier molecular flexibility index (Phi) is 10.1. The van der Waals surface area contributed by atoms with Gasteiger partial charge in [0.15, 0.2) is 0 Å². The van der Waals surface area contributed by atoms with Crippen molar-refractivity contribution >= 4 is 31.1 Å². The average molecular weight is 315 g/mol. The van der Waals surface area contributed by atoms with Gasteiger partial charge < -0.3 is 14.8 Å². The van der Waals surface area contributed by atoms with Crippen LogP contribution in [0.25, 0.3) is 0 Å². The molecule has 110 valence electrons. The Morgan fingerprint density at radius 2 is 1.44 bits per heavy atom. The highest BCUT2D eigenvalue weighted by atomic mass is 32.2. The van der Waals surface area contributed by atoms with E-state index in [1.54, 1.807) is 37.4 Å². The van der Waals surface area contributed by atoms with Gasteiger partial charge in [-0.1, -0.05) is 13.8 Å². The van der Waals surface area contributed by atoms with Gasteiger partial charge in [-0.2, -0.15) is 23.5 Å². The first-order valence-corrected chi connectivity index (χ1v) is 10.1. The Balaban J connectivity index is 4.23. The molecule has 18 heavy (non-hydrogen) atoms. The van der Waals surface area contributed by atoms with E-state index in [-0.39, 0.29) is 0 Å². The van der Waals surface area contributed by atoms with Gasteiger partial charge in [0.05, 0.1) is 13.2 Å². The molecule has 0 aliphatic heterocycles. The SMILES string of the molecule is CCSCCOP(=O)(OCCSCC)C(C)(C)N. The molecule has 0 aromatic heterocycles. The third-order valence-electron chi connectivity index (χ3n) is 2.09. The first-order chi connectivity index (χ1) is 8.37. The predicted octanol–water partition coefficient (Wildman–Crippen LogP) is 3.41. The molecule has 7 heteroatoms. The van der Waals surface area contributed by atoms with Crippen molar-refractivity contribution < 1.29 is 13.6 Å². The molecule has 0 aromatic carbocycles. The van der Waals surface area contributed by atoms with Gasteiger partial charge in [0.2, 0.25) is 0 Å². The molecule has 4 nitrogen and oxygen atoms in total. The van der Waals surface area contributed by atoms with Crippen LogP contribution in [-0.2, 0) is 13.6 Å². The lowest BCUT2D eigenvalue weighted by molar-refractivity contribution is 0.204. The maximum absolute atomic E-state index is 12.6. The third kappa shape index (κ3) is 7.41. The lowest BCUT2D eigenvalue weighted by atomic mass is 10.4. The summed E-state index contributed by atoms with van der Waals surface area (Å²) in [6.07, 6.45) is 0. The van der Waals surface area contributed by atoms with E-state index in [1.807, 2.05) is 0 Å². The summed E-state index contributed by atoms with van der Waals surface area (Å²) >= 11 is 3.49. The number of rotatable bonds is 11. The van der Waals surface area contributed by atoms with Crippen LogP contribution < -0.4 is 5.73 Å². The number of hydrogen-bond donors (Lipinski definition) is 1.